The molecule has 4 saturated heterocycles. The Morgan fingerprint density at radius 3 is 2.80 bits per heavy atom. The van der Waals surface area contributed by atoms with Crippen LogP contribution in [-0.2, 0) is 4.74 Å². The van der Waals surface area contributed by atoms with Crippen LogP contribution in [0, 0.1) is 11.9 Å². The SMILES string of the molecule is O=C1O[C@]2(CN3CCC2CC3)CN1c1ccc(-c2cccnc2F)s1. The fraction of sp³-hybridized carbons (Fsp3) is 0.444. The van der Waals surface area contributed by atoms with Gasteiger partial charge in [0.05, 0.1) is 6.54 Å². The molecule has 0 aliphatic carbocycles. The number of aromatic nitrogens is 1. The Hall–Kier alpha value is -1.99. The maximum Gasteiger partial charge on any atom is 0.415 e. The van der Waals surface area contributed by atoms with Crippen molar-refractivity contribution >= 4 is 22.4 Å². The topological polar surface area (TPSA) is 45.7 Å². The van der Waals surface area contributed by atoms with E-state index in [9.17, 15) is 9.18 Å². The number of halogens is 1. The van der Waals surface area contributed by atoms with Crippen LogP contribution in [0.4, 0.5) is 14.2 Å². The first-order valence-corrected chi connectivity index (χ1v) is 9.40. The van der Waals surface area contributed by atoms with Crippen LogP contribution in [0.25, 0.3) is 10.4 Å². The van der Waals surface area contributed by atoms with Crippen molar-refractivity contribution in [3.8, 4) is 10.4 Å². The smallest absolute Gasteiger partial charge is 0.415 e. The summed E-state index contributed by atoms with van der Waals surface area (Å²) in [5.74, 6) is -0.0459. The van der Waals surface area contributed by atoms with Gasteiger partial charge in [-0.2, -0.15) is 4.39 Å². The summed E-state index contributed by atoms with van der Waals surface area (Å²) in [7, 11) is 0. The van der Waals surface area contributed by atoms with Gasteiger partial charge in [-0.1, -0.05) is 0 Å². The normalized spacial score (nSPS) is 30.9. The third-order valence-corrected chi connectivity index (χ3v) is 6.78. The molecular weight excluding hydrogens is 341 g/mol. The van der Waals surface area contributed by atoms with Crippen molar-refractivity contribution in [1.29, 1.82) is 0 Å². The number of ether oxygens (including phenoxy) is 1. The summed E-state index contributed by atoms with van der Waals surface area (Å²) < 4.78 is 19.8. The average Bonchev–Trinajstić information content (AvgIpc) is 3.21. The predicted molar refractivity (Wildman–Crippen MR) is 93.2 cm³/mol. The molecule has 0 aromatic carbocycles. The van der Waals surface area contributed by atoms with Gasteiger partial charge >= 0.3 is 6.09 Å². The minimum atomic E-state index is -0.492. The second-order valence-corrected chi connectivity index (χ2v) is 8.11. The zero-order chi connectivity index (χ0) is 17.0. The molecule has 1 atom stereocenters. The summed E-state index contributed by atoms with van der Waals surface area (Å²) in [6, 6.07) is 7.13. The molecule has 4 aliphatic rings. The summed E-state index contributed by atoms with van der Waals surface area (Å²) in [6.07, 6.45) is 3.34. The Balaban J connectivity index is 1.43. The molecule has 4 fully saturated rings. The highest BCUT2D eigenvalue weighted by atomic mass is 32.1. The maximum atomic E-state index is 13.9. The second-order valence-electron chi connectivity index (χ2n) is 7.05. The van der Waals surface area contributed by atoms with E-state index in [0.29, 0.717) is 18.0 Å². The number of hydrogen-bond donors (Lipinski definition) is 0. The summed E-state index contributed by atoms with van der Waals surface area (Å²) in [5, 5.41) is 0.802. The number of thiophene rings is 1. The fourth-order valence-corrected chi connectivity index (χ4v) is 5.38. The molecule has 1 spiro atoms. The standard InChI is InChI=1S/C18H18FN3O2S/c19-16-13(2-1-7-20-16)14-3-4-15(25-14)22-11-18(24-17(22)23)10-21-8-5-12(18)6-9-21/h1-4,7,12H,5-6,8-11H2/t18-/m1/s1. The molecule has 5 nitrogen and oxygen atoms in total. The lowest BCUT2D eigenvalue weighted by Crippen LogP contribution is -2.61. The molecule has 7 heteroatoms. The van der Waals surface area contributed by atoms with Crippen molar-refractivity contribution in [2.45, 2.75) is 18.4 Å². The Kier molecular flexibility index (Phi) is 3.36. The molecule has 0 unspecified atom stereocenters. The van der Waals surface area contributed by atoms with Crippen molar-refractivity contribution in [1.82, 2.24) is 9.88 Å². The third kappa shape index (κ3) is 2.37. The summed E-state index contributed by atoms with van der Waals surface area (Å²) in [5.41, 5.74) is 0.0842. The van der Waals surface area contributed by atoms with E-state index in [1.807, 2.05) is 12.1 Å². The molecule has 130 valence electrons. The summed E-state index contributed by atoms with van der Waals surface area (Å²) >= 11 is 1.40. The van der Waals surface area contributed by atoms with Crippen LogP contribution in [-0.4, -0.2) is 47.8 Å². The van der Waals surface area contributed by atoms with Crippen molar-refractivity contribution < 1.29 is 13.9 Å². The van der Waals surface area contributed by atoms with Gasteiger partial charge in [0.25, 0.3) is 0 Å². The van der Waals surface area contributed by atoms with Crippen molar-refractivity contribution in [3.05, 3.63) is 36.4 Å². The number of anilines is 1. The molecular formula is C18H18FN3O2S. The lowest BCUT2D eigenvalue weighted by molar-refractivity contribution is -0.0881. The molecule has 2 aromatic heterocycles. The number of hydrogen-bond acceptors (Lipinski definition) is 5. The summed E-state index contributed by atoms with van der Waals surface area (Å²) in [6.45, 7) is 3.62. The van der Waals surface area contributed by atoms with Crippen molar-refractivity contribution in [3.63, 3.8) is 0 Å². The highest BCUT2D eigenvalue weighted by molar-refractivity contribution is 7.19. The van der Waals surface area contributed by atoms with Crippen LogP contribution in [0.15, 0.2) is 30.5 Å². The lowest BCUT2D eigenvalue weighted by Gasteiger charge is -2.49. The van der Waals surface area contributed by atoms with Crippen LogP contribution in [0.2, 0.25) is 0 Å². The van der Waals surface area contributed by atoms with Crippen LogP contribution in [0.5, 0.6) is 0 Å². The molecule has 0 N–H and O–H groups in total. The van der Waals surface area contributed by atoms with Gasteiger partial charge in [-0.25, -0.2) is 9.78 Å². The zero-order valence-corrected chi connectivity index (χ0v) is 14.5. The van der Waals surface area contributed by atoms with Crippen LogP contribution < -0.4 is 4.90 Å². The van der Waals surface area contributed by atoms with Gasteiger partial charge in [-0.15, -0.1) is 11.3 Å². The van der Waals surface area contributed by atoms with E-state index >= 15 is 0 Å². The second kappa shape index (κ2) is 5.51. The number of fused-ring (bicyclic) bond motifs is 2. The molecule has 6 heterocycles. The van der Waals surface area contributed by atoms with Gasteiger partial charge in [-0.3, -0.25) is 9.80 Å². The Labute approximate surface area is 149 Å². The number of rotatable bonds is 2. The van der Waals surface area contributed by atoms with Gasteiger partial charge in [0.2, 0.25) is 5.95 Å². The number of nitrogens with zero attached hydrogens (tertiary/aromatic N) is 3. The number of carbonyl (C=O) groups excluding carboxylic acids is 1. The quantitative estimate of drug-likeness (QED) is 0.772. The molecule has 1 amide bonds. The van der Waals surface area contributed by atoms with Gasteiger partial charge in [0.1, 0.15) is 10.6 Å². The molecule has 6 rings (SSSR count). The number of carbonyl (C=O) groups is 1. The minimum absolute atomic E-state index is 0.284. The highest BCUT2D eigenvalue weighted by Crippen LogP contribution is 2.45. The van der Waals surface area contributed by atoms with Gasteiger partial charge in [-0.05, 0) is 50.2 Å². The largest absolute Gasteiger partial charge is 0.439 e. The van der Waals surface area contributed by atoms with Gasteiger partial charge < -0.3 is 4.74 Å². The maximum absolute atomic E-state index is 13.9. The van der Waals surface area contributed by atoms with E-state index in [1.54, 1.807) is 17.0 Å². The van der Waals surface area contributed by atoms with E-state index in [1.165, 1.54) is 17.5 Å². The minimum Gasteiger partial charge on any atom is -0.439 e. The molecule has 4 aliphatic heterocycles. The van der Waals surface area contributed by atoms with E-state index in [0.717, 1.165) is 42.4 Å². The number of pyridine rings is 1. The first kappa shape index (κ1) is 15.3. The van der Waals surface area contributed by atoms with Crippen molar-refractivity contribution in [2.24, 2.45) is 5.92 Å². The molecule has 25 heavy (non-hydrogen) atoms. The molecule has 0 radical (unpaired) electrons. The Morgan fingerprint density at radius 2 is 2.08 bits per heavy atom. The van der Waals surface area contributed by atoms with E-state index in [2.05, 4.69) is 9.88 Å². The van der Waals surface area contributed by atoms with Crippen molar-refractivity contribution in [2.75, 3.05) is 31.1 Å². The lowest BCUT2D eigenvalue weighted by atomic mass is 9.75. The number of amides is 1. The summed E-state index contributed by atoms with van der Waals surface area (Å²) in [4.78, 5) is 21.1. The zero-order valence-electron chi connectivity index (χ0n) is 13.7. The number of piperidine rings is 3. The average molecular weight is 359 g/mol. The van der Waals surface area contributed by atoms with Gasteiger partial charge in [0.15, 0.2) is 0 Å². The van der Waals surface area contributed by atoms with E-state index in [-0.39, 0.29) is 11.7 Å². The van der Waals surface area contributed by atoms with Gasteiger partial charge in [0, 0.05) is 29.1 Å². The Morgan fingerprint density at radius 1 is 1.24 bits per heavy atom. The monoisotopic (exact) mass is 359 g/mol. The van der Waals surface area contributed by atoms with Crippen LogP contribution >= 0.6 is 11.3 Å². The van der Waals surface area contributed by atoms with E-state index < -0.39 is 5.95 Å². The first-order chi connectivity index (χ1) is 12.1. The highest BCUT2D eigenvalue weighted by Gasteiger charge is 2.55. The fourth-order valence-electron chi connectivity index (χ4n) is 4.37. The molecule has 0 saturated carbocycles. The first-order valence-electron chi connectivity index (χ1n) is 8.58. The Bertz CT molecular complexity index is 833. The molecule has 2 bridgehead atoms. The third-order valence-electron chi connectivity index (χ3n) is 5.64. The molecule has 2 aromatic rings. The van der Waals surface area contributed by atoms with Crippen LogP contribution in [0.3, 0.4) is 0 Å². The van der Waals surface area contributed by atoms with E-state index in [4.69, 9.17) is 4.74 Å². The predicted octanol–water partition coefficient (Wildman–Crippen LogP) is 3.37. The van der Waals surface area contributed by atoms with Crippen LogP contribution in [0.1, 0.15) is 12.8 Å².